The summed E-state index contributed by atoms with van der Waals surface area (Å²) in [6.45, 7) is 7.20. The van der Waals surface area contributed by atoms with E-state index >= 15 is 0 Å². The molecule has 156 valence electrons. The molecule has 0 unspecified atom stereocenters. The predicted molar refractivity (Wildman–Crippen MR) is 121 cm³/mol. The van der Waals surface area contributed by atoms with Gasteiger partial charge < -0.3 is 20.1 Å². The number of para-hydroxylation sites is 1. The van der Waals surface area contributed by atoms with Crippen molar-refractivity contribution in [3.8, 4) is 11.5 Å². The molecule has 0 aliphatic carbocycles. The maximum Gasteiger partial charge on any atom is 0.262 e. The highest BCUT2D eigenvalue weighted by molar-refractivity contribution is 5.91. The number of amides is 1. The van der Waals surface area contributed by atoms with E-state index < -0.39 is 0 Å². The first-order chi connectivity index (χ1) is 14.5. The Morgan fingerprint density at radius 1 is 0.900 bits per heavy atom. The summed E-state index contributed by atoms with van der Waals surface area (Å²) in [5.41, 5.74) is 5.37. The minimum absolute atomic E-state index is 0.0882. The fourth-order valence-electron chi connectivity index (χ4n) is 3.12. The molecule has 0 spiro atoms. The minimum atomic E-state index is -0.218. The summed E-state index contributed by atoms with van der Waals surface area (Å²) in [7, 11) is 0. The third kappa shape index (κ3) is 6.01. The molecule has 0 atom stereocenters. The van der Waals surface area contributed by atoms with Crippen LogP contribution in [0.4, 0.5) is 11.4 Å². The lowest BCUT2D eigenvalue weighted by Crippen LogP contribution is -2.20. The summed E-state index contributed by atoms with van der Waals surface area (Å²) >= 11 is 0. The van der Waals surface area contributed by atoms with Gasteiger partial charge in [-0.05, 0) is 62.2 Å². The van der Waals surface area contributed by atoms with Crippen LogP contribution in [0.5, 0.6) is 11.5 Å². The second-order valence-corrected chi connectivity index (χ2v) is 7.09. The summed E-state index contributed by atoms with van der Waals surface area (Å²) in [6.07, 6.45) is 0. The number of benzene rings is 3. The number of carbonyl (C=O) groups excluding carboxylic acids is 1. The second kappa shape index (κ2) is 10.3. The number of hydrogen-bond donors (Lipinski definition) is 2. The molecule has 5 nitrogen and oxygen atoms in total. The summed E-state index contributed by atoms with van der Waals surface area (Å²) in [5, 5.41) is 6.27. The van der Waals surface area contributed by atoms with Gasteiger partial charge in [-0.15, -0.1) is 0 Å². The van der Waals surface area contributed by atoms with Crippen LogP contribution in [-0.4, -0.2) is 19.1 Å². The number of rotatable bonds is 9. The number of nitrogens with one attached hydrogen (secondary N) is 2. The third-order valence-corrected chi connectivity index (χ3v) is 4.59. The van der Waals surface area contributed by atoms with Crippen molar-refractivity contribution in [2.24, 2.45) is 0 Å². The molecule has 0 aliphatic rings. The highest BCUT2D eigenvalue weighted by Crippen LogP contribution is 2.29. The molecule has 30 heavy (non-hydrogen) atoms. The molecule has 5 heteroatoms. The highest BCUT2D eigenvalue weighted by Gasteiger charge is 2.10. The zero-order chi connectivity index (χ0) is 21.3. The van der Waals surface area contributed by atoms with Crippen molar-refractivity contribution in [1.29, 1.82) is 0 Å². The third-order valence-electron chi connectivity index (χ3n) is 4.59. The first kappa shape index (κ1) is 21.2. The molecule has 3 aromatic rings. The van der Waals surface area contributed by atoms with Crippen LogP contribution in [0, 0.1) is 13.8 Å². The Bertz CT molecular complexity index is 987. The van der Waals surface area contributed by atoms with Gasteiger partial charge in [-0.1, -0.05) is 42.0 Å². The minimum Gasteiger partial charge on any atom is -0.490 e. The van der Waals surface area contributed by atoms with E-state index in [-0.39, 0.29) is 12.5 Å². The Morgan fingerprint density at radius 3 is 2.43 bits per heavy atom. The van der Waals surface area contributed by atoms with Crippen LogP contribution in [0.3, 0.4) is 0 Å². The molecule has 3 rings (SSSR count). The summed E-state index contributed by atoms with van der Waals surface area (Å²) < 4.78 is 11.5. The molecule has 0 aromatic heterocycles. The van der Waals surface area contributed by atoms with Gasteiger partial charge in [-0.25, -0.2) is 0 Å². The summed E-state index contributed by atoms with van der Waals surface area (Å²) in [5.74, 6) is 0.963. The SMILES string of the molecule is CCOc1cc(CNc2ccc(C)cc2C)ccc1OCC(=O)Nc1ccccc1. The molecule has 0 saturated heterocycles. The topological polar surface area (TPSA) is 59.6 Å². The normalized spacial score (nSPS) is 10.4. The first-order valence-corrected chi connectivity index (χ1v) is 10.1. The van der Waals surface area contributed by atoms with Gasteiger partial charge in [0, 0.05) is 17.9 Å². The van der Waals surface area contributed by atoms with Crippen molar-refractivity contribution in [2.75, 3.05) is 23.8 Å². The largest absolute Gasteiger partial charge is 0.490 e. The van der Waals surface area contributed by atoms with Crippen LogP contribution >= 0.6 is 0 Å². The van der Waals surface area contributed by atoms with Gasteiger partial charge in [0.05, 0.1) is 6.61 Å². The zero-order valence-electron chi connectivity index (χ0n) is 17.7. The van der Waals surface area contributed by atoms with Crippen LogP contribution in [0.1, 0.15) is 23.6 Å². The van der Waals surface area contributed by atoms with Gasteiger partial charge >= 0.3 is 0 Å². The Kier molecular flexibility index (Phi) is 7.33. The van der Waals surface area contributed by atoms with Crippen LogP contribution in [0.15, 0.2) is 66.7 Å². The van der Waals surface area contributed by atoms with E-state index in [1.807, 2.05) is 55.5 Å². The van der Waals surface area contributed by atoms with E-state index in [0.717, 1.165) is 16.9 Å². The van der Waals surface area contributed by atoms with E-state index in [2.05, 4.69) is 42.7 Å². The standard InChI is InChI=1S/C25H28N2O3/c1-4-29-24-15-20(16-26-22-12-10-18(2)14-19(22)3)11-13-23(24)30-17-25(28)27-21-8-6-5-7-9-21/h5-15,26H,4,16-17H2,1-3H3,(H,27,28). The summed E-state index contributed by atoms with van der Waals surface area (Å²) in [6, 6.07) is 21.4. The maximum atomic E-state index is 12.2. The Labute approximate surface area is 178 Å². The first-order valence-electron chi connectivity index (χ1n) is 10.1. The number of hydrogen-bond acceptors (Lipinski definition) is 4. The van der Waals surface area contributed by atoms with Crippen molar-refractivity contribution in [1.82, 2.24) is 0 Å². The lowest BCUT2D eigenvalue weighted by molar-refractivity contribution is -0.118. The van der Waals surface area contributed by atoms with E-state index in [1.54, 1.807) is 0 Å². The van der Waals surface area contributed by atoms with Crippen molar-refractivity contribution < 1.29 is 14.3 Å². The lowest BCUT2D eigenvalue weighted by Gasteiger charge is -2.15. The van der Waals surface area contributed by atoms with Crippen molar-refractivity contribution in [3.05, 3.63) is 83.4 Å². The van der Waals surface area contributed by atoms with Crippen LogP contribution < -0.4 is 20.1 Å². The molecule has 0 bridgehead atoms. The van der Waals surface area contributed by atoms with Gasteiger partial charge in [-0.2, -0.15) is 0 Å². The smallest absolute Gasteiger partial charge is 0.262 e. The van der Waals surface area contributed by atoms with Gasteiger partial charge in [0.1, 0.15) is 0 Å². The van der Waals surface area contributed by atoms with Crippen LogP contribution in [0.2, 0.25) is 0 Å². The number of carbonyl (C=O) groups is 1. The van der Waals surface area contributed by atoms with E-state index in [4.69, 9.17) is 9.47 Å². The molecule has 0 saturated carbocycles. The second-order valence-electron chi connectivity index (χ2n) is 7.09. The molecule has 3 aromatic carbocycles. The van der Waals surface area contributed by atoms with E-state index in [9.17, 15) is 4.79 Å². The molecule has 0 fully saturated rings. The average Bonchev–Trinajstić information content (AvgIpc) is 2.73. The fraction of sp³-hybridized carbons (Fsp3) is 0.240. The number of ether oxygens (including phenoxy) is 2. The fourth-order valence-corrected chi connectivity index (χ4v) is 3.12. The molecular weight excluding hydrogens is 376 g/mol. The molecular formula is C25H28N2O3. The summed E-state index contributed by atoms with van der Waals surface area (Å²) in [4.78, 5) is 12.2. The zero-order valence-corrected chi connectivity index (χ0v) is 17.7. The number of anilines is 2. The van der Waals surface area contributed by atoms with Gasteiger partial charge in [0.25, 0.3) is 5.91 Å². The number of aryl methyl sites for hydroxylation is 2. The molecule has 0 aliphatic heterocycles. The lowest BCUT2D eigenvalue weighted by atomic mass is 10.1. The Balaban J connectivity index is 1.62. The monoisotopic (exact) mass is 404 g/mol. The highest BCUT2D eigenvalue weighted by atomic mass is 16.5. The van der Waals surface area contributed by atoms with Crippen LogP contribution in [0.25, 0.3) is 0 Å². The van der Waals surface area contributed by atoms with Crippen molar-refractivity contribution in [3.63, 3.8) is 0 Å². The Morgan fingerprint density at radius 2 is 1.70 bits per heavy atom. The average molecular weight is 405 g/mol. The molecule has 1 amide bonds. The Hall–Kier alpha value is -3.47. The predicted octanol–water partition coefficient (Wildman–Crippen LogP) is 5.33. The van der Waals surface area contributed by atoms with Crippen molar-refractivity contribution in [2.45, 2.75) is 27.3 Å². The van der Waals surface area contributed by atoms with Gasteiger partial charge in [0.2, 0.25) is 0 Å². The van der Waals surface area contributed by atoms with E-state index in [0.29, 0.717) is 24.7 Å². The van der Waals surface area contributed by atoms with E-state index in [1.165, 1.54) is 11.1 Å². The molecule has 0 heterocycles. The maximum absolute atomic E-state index is 12.2. The quantitative estimate of drug-likeness (QED) is 0.506. The van der Waals surface area contributed by atoms with Gasteiger partial charge in [0.15, 0.2) is 18.1 Å². The van der Waals surface area contributed by atoms with Crippen molar-refractivity contribution >= 4 is 17.3 Å². The van der Waals surface area contributed by atoms with Crippen LogP contribution in [-0.2, 0) is 11.3 Å². The van der Waals surface area contributed by atoms with Gasteiger partial charge in [-0.3, -0.25) is 4.79 Å². The molecule has 2 N–H and O–H groups in total. The molecule has 0 radical (unpaired) electrons.